The summed E-state index contributed by atoms with van der Waals surface area (Å²) in [5.41, 5.74) is 6.97. The quantitative estimate of drug-likeness (QED) is 0.870. The Labute approximate surface area is 116 Å². The molecular formula is C15H26N4. The molecule has 1 aliphatic heterocycles. The molecule has 1 saturated heterocycles. The minimum Gasteiger partial charge on any atom is -0.329 e. The van der Waals surface area contributed by atoms with E-state index in [1.54, 1.807) is 0 Å². The van der Waals surface area contributed by atoms with Gasteiger partial charge in [-0.05, 0) is 57.6 Å². The monoisotopic (exact) mass is 262 g/mol. The number of hydrogen-bond donors (Lipinski definition) is 1. The number of pyridine rings is 1. The van der Waals surface area contributed by atoms with Gasteiger partial charge in [0.2, 0.25) is 0 Å². The van der Waals surface area contributed by atoms with E-state index < -0.39 is 0 Å². The lowest BCUT2D eigenvalue weighted by molar-refractivity contribution is 0.119. The van der Waals surface area contributed by atoms with E-state index in [1.807, 2.05) is 18.5 Å². The molecule has 2 rings (SSSR count). The summed E-state index contributed by atoms with van der Waals surface area (Å²) in [5.74, 6) is 0.716. The van der Waals surface area contributed by atoms with Crippen LogP contribution >= 0.6 is 0 Å². The van der Waals surface area contributed by atoms with E-state index in [0.29, 0.717) is 12.0 Å². The second-order valence-corrected chi connectivity index (χ2v) is 5.66. The number of aromatic nitrogens is 1. The average Bonchev–Trinajstić information content (AvgIpc) is 2.42. The van der Waals surface area contributed by atoms with Crippen molar-refractivity contribution in [2.75, 3.05) is 40.3 Å². The molecule has 1 aromatic rings. The van der Waals surface area contributed by atoms with Crippen LogP contribution in [-0.2, 0) is 0 Å². The zero-order valence-corrected chi connectivity index (χ0v) is 12.1. The average molecular weight is 262 g/mol. The molecule has 4 nitrogen and oxygen atoms in total. The minimum atomic E-state index is 0.480. The normalized spacial score (nSPS) is 19.8. The number of likely N-dealkylation sites (tertiary alicyclic amines) is 1. The largest absolute Gasteiger partial charge is 0.329 e. The van der Waals surface area contributed by atoms with Crippen molar-refractivity contribution >= 4 is 0 Å². The highest BCUT2D eigenvalue weighted by Crippen LogP contribution is 2.33. The Balaban J connectivity index is 2.02. The van der Waals surface area contributed by atoms with E-state index in [0.717, 1.165) is 13.1 Å². The molecule has 2 heterocycles. The predicted molar refractivity (Wildman–Crippen MR) is 78.9 cm³/mol. The van der Waals surface area contributed by atoms with Gasteiger partial charge >= 0.3 is 0 Å². The summed E-state index contributed by atoms with van der Waals surface area (Å²) in [6, 6.07) is 4.72. The molecule has 0 spiro atoms. The lowest BCUT2D eigenvalue weighted by Gasteiger charge is -2.38. The first kappa shape index (κ1) is 14.4. The van der Waals surface area contributed by atoms with Gasteiger partial charge in [-0.15, -0.1) is 0 Å². The summed E-state index contributed by atoms with van der Waals surface area (Å²) in [4.78, 5) is 9.09. The second-order valence-electron chi connectivity index (χ2n) is 5.66. The highest BCUT2D eigenvalue weighted by Gasteiger charge is 2.28. The number of nitrogens with zero attached hydrogens (tertiary/aromatic N) is 3. The van der Waals surface area contributed by atoms with Gasteiger partial charge in [0.15, 0.2) is 0 Å². The summed E-state index contributed by atoms with van der Waals surface area (Å²) >= 11 is 0. The highest BCUT2D eigenvalue weighted by molar-refractivity contribution is 5.15. The molecule has 1 aromatic heterocycles. The van der Waals surface area contributed by atoms with Gasteiger partial charge in [-0.2, -0.15) is 0 Å². The molecule has 0 amide bonds. The van der Waals surface area contributed by atoms with Gasteiger partial charge in [-0.1, -0.05) is 6.07 Å². The van der Waals surface area contributed by atoms with E-state index >= 15 is 0 Å². The van der Waals surface area contributed by atoms with Crippen LogP contribution in [0.1, 0.15) is 24.4 Å². The molecule has 4 heteroatoms. The Morgan fingerprint density at radius 3 is 2.68 bits per heavy atom. The summed E-state index contributed by atoms with van der Waals surface area (Å²) in [6.07, 6.45) is 6.35. The van der Waals surface area contributed by atoms with Crippen LogP contribution in [0.4, 0.5) is 0 Å². The van der Waals surface area contributed by atoms with Crippen molar-refractivity contribution in [2.24, 2.45) is 11.7 Å². The lowest BCUT2D eigenvalue weighted by atomic mass is 9.85. The van der Waals surface area contributed by atoms with Gasteiger partial charge in [-0.3, -0.25) is 4.98 Å². The Bertz CT molecular complexity index is 358. The Morgan fingerprint density at radius 2 is 2.16 bits per heavy atom. The number of piperidine rings is 1. The van der Waals surface area contributed by atoms with Crippen molar-refractivity contribution < 1.29 is 0 Å². The molecule has 1 atom stereocenters. The van der Waals surface area contributed by atoms with Gasteiger partial charge in [0.05, 0.1) is 0 Å². The topological polar surface area (TPSA) is 45.4 Å². The second kappa shape index (κ2) is 6.98. The van der Waals surface area contributed by atoms with Gasteiger partial charge in [-0.25, -0.2) is 0 Å². The lowest BCUT2D eigenvalue weighted by Crippen LogP contribution is -2.40. The molecule has 2 N–H and O–H groups in total. The summed E-state index contributed by atoms with van der Waals surface area (Å²) in [7, 11) is 4.34. The highest BCUT2D eigenvalue weighted by atomic mass is 15.1. The molecule has 1 fully saturated rings. The van der Waals surface area contributed by atoms with Crippen LogP contribution in [-0.4, -0.2) is 55.1 Å². The third-order valence-electron chi connectivity index (χ3n) is 4.11. The van der Waals surface area contributed by atoms with Crippen LogP contribution < -0.4 is 5.73 Å². The SMILES string of the molecule is CN(C)C(c1cccnc1)C1CCN(CCN)CC1. The summed E-state index contributed by atoms with van der Waals surface area (Å²) < 4.78 is 0. The van der Waals surface area contributed by atoms with E-state index in [9.17, 15) is 0 Å². The van der Waals surface area contributed by atoms with Crippen LogP contribution in [0.2, 0.25) is 0 Å². The van der Waals surface area contributed by atoms with Crippen molar-refractivity contribution in [3.8, 4) is 0 Å². The van der Waals surface area contributed by atoms with E-state index in [-0.39, 0.29) is 0 Å². The standard InChI is InChI=1S/C15H26N4/c1-18(2)15(14-4-3-8-17-12-14)13-5-9-19(10-6-13)11-7-16/h3-4,8,12-13,15H,5-7,9-11,16H2,1-2H3. The van der Waals surface area contributed by atoms with Crippen molar-refractivity contribution in [2.45, 2.75) is 18.9 Å². The molecule has 19 heavy (non-hydrogen) atoms. The fourth-order valence-corrected chi connectivity index (χ4v) is 3.22. The Morgan fingerprint density at radius 1 is 1.42 bits per heavy atom. The van der Waals surface area contributed by atoms with E-state index in [2.05, 4.69) is 34.9 Å². The van der Waals surface area contributed by atoms with E-state index in [4.69, 9.17) is 5.73 Å². The minimum absolute atomic E-state index is 0.480. The predicted octanol–water partition coefficient (Wildman–Crippen LogP) is 1.35. The number of hydrogen-bond acceptors (Lipinski definition) is 4. The van der Waals surface area contributed by atoms with Gasteiger partial charge in [0.25, 0.3) is 0 Å². The third-order valence-corrected chi connectivity index (χ3v) is 4.11. The fourth-order valence-electron chi connectivity index (χ4n) is 3.22. The van der Waals surface area contributed by atoms with Crippen LogP contribution in [0.15, 0.2) is 24.5 Å². The van der Waals surface area contributed by atoms with Crippen LogP contribution in [0.3, 0.4) is 0 Å². The smallest absolute Gasteiger partial charge is 0.0386 e. The van der Waals surface area contributed by atoms with Crippen molar-refractivity contribution in [3.05, 3.63) is 30.1 Å². The fraction of sp³-hybridized carbons (Fsp3) is 0.667. The Kier molecular flexibility index (Phi) is 5.31. The summed E-state index contributed by atoms with van der Waals surface area (Å²) in [5, 5.41) is 0. The maximum atomic E-state index is 5.63. The molecule has 1 unspecified atom stereocenters. The number of nitrogens with two attached hydrogens (primary N) is 1. The van der Waals surface area contributed by atoms with Crippen LogP contribution in [0.25, 0.3) is 0 Å². The first-order valence-electron chi connectivity index (χ1n) is 7.21. The molecular weight excluding hydrogens is 236 g/mol. The van der Waals surface area contributed by atoms with Crippen LogP contribution in [0.5, 0.6) is 0 Å². The first-order chi connectivity index (χ1) is 9.22. The molecule has 1 aliphatic rings. The van der Waals surface area contributed by atoms with Gasteiger partial charge in [0, 0.05) is 31.5 Å². The Hall–Kier alpha value is -0.970. The maximum absolute atomic E-state index is 5.63. The third kappa shape index (κ3) is 3.75. The first-order valence-corrected chi connectivity index (χ1v) is 7.21. The number of rotatable bonds is 5. The molecule has 106 valence electrons. The summed E-state index contributed by atoms with van der Waals surface area (Å²) in [6.45, 7) is 4.15. The zero-order valence-electron chi connectivity index (χ0n) is 12.1. The maximum Gasteiger partial charge on any atom is 0.0386 e. The van der Waals surface area contributed by atoms with Crippen LogP contribution in [0, 0.1) is 5.92 Å². The molecule has 0 aliphatic carbocycles. The van der Waals surface area contributed by atoms with E-state index in [1.165, 1.54) is 31.5 Å². The van der Waals surface area contributed by atoms with Gasteiger partial charge in [0.1, 0.15) is 0 Å². The van der Waals surface area contributed by atoms with Crippen molar-refractivity contribution in [3.63, 3.8) is 0 Å². The molecule has 0 bridgehead atoms. The molecule has 0 saturated carbocycles. The van der Waals surface area contributed by atoms with Crippen molar-refractivity contribution in [1.82, 2.24) is 14.8 Å². The van der Waals surface area contributed by atoms with Crippen molar-refractivity contribution in [1.29, 1.82) is 0 Å². The zero-order chi connectivity index (χ0) is 13.7. The van der Waals surface area contributed by atoms with Gasteiger partial charge < -0.3 is 15.5 Å². The molecule has 0 radical (unpaired) electrons. The molecule has 0 aromatic carbocycles.